The molecule has 1 fully saturated rings. The number of nitrogens with zero attached hydrogens (tertiary/aromatic N) is 4. The molecule has 1 aliphatic heterocycles. The van der Waals surface area contributed by atoms with Gasteiger partial charge in [-0.25, -0.2) is 0 Å². The lowest BCUT2D eigenvalue weighted by atomic mass is 10.1. The topological polar surface area (TPSA) is 96.8 Å². The molecule has 2 rings (SSSR count). The summed E-state index contributed by atoms with van der Waals surface area (Å²) in [6, 6.07) is -0.110. The molecule has 0 aromatic carbocycles. The minimum atomic E-state index is -3.56. The molecule has 142 valence electrons. The summed E-state index contributed by atoms with van der Waals surface area (Å²) in [6.07, 6.45) is 4.49. The molecule has 1 N–H and O–H groups in total. The molecule has 0 bridgehead atoms. The van der Waals surface area contributed by atoms with Crippen molar-refractivity contribution in [2.75, 3.05) is 40.4 Å². The van der Waals surface area contributed by atoms with Crippen molar-refractivity contribution in [2.24, 2.45) is 0 Å². The van der Waals surface area contributed by atoms with Gasteiger partial charge >= 0.3 is 0 Å². The van der Waals surface area contributed by atoms with Gasteiger partial charge in [-0.1, -0.05) is 0 Å². The molecule has 2 heterocycles. The molecule has 10 heteroatoms. The normalized spacial score (nSPS) is 16.5. The van der Waals surface area contributed by atoms with E-state index in [4.69, 9.17) is 4.74 Å². The predicted octanol–water partition coefficient (Wildman–Crippen LogP) is -0.0798. The summed E-state index contributed by atoms with van der Waals surface area (Å²) in [4.78, 5) is 12.2. The zero-order valence-electron chi connectivity index (χ0n) is 15.0. The first-order valence-electron chi connectivity index (χ1n) is 8.44. The molecular formula is C15H27N5O4S. The minimum Gasteiger partial charge on any atom is -0.381 e. The van der Waals surface area contributed by atoms with Crippen LogP contribution < -0.4 is 5.32 Å². The summed E-state index contributed by atoms with van der Waals surface area (Å²) in [6.45, 7) is 4.18. The van der Waals surface area contributed by atoms with Crippen molar-refractivity contribution in [1.29, 1.82) is 0 Å². The van der Waals surface area contributed by atoms with E-state index in [-0.39, 0.29) is 25.0 Å². The van der Waals surface area contributed by atoms with Crippen LogP contribution in [0.2, 0.25) is 0 Å². The average molecular weight is 373 g/mol. The monoisotopic (exact) mass is 373 g/mol. The van der Waals surface area contributed by atoms with E-state index in [1.807, 2.05) is 6.92 Å². The summed E-state index contributed by atoms with van der Waals surface area (Å²) in [5.74, 6) is -0.256. The SMILES string of the molecule is CCn1cc(C(=O)NCCN(C2CCOCC2)S(=O)(=O)N(C)C)cn1. The number of carbonyl (C=O) groups excluding carboxylic acids is 1. The van der Waals surface area contributed by atoms with Crippen LogP contribution in [0.1, 0.15) is 30.1 Å². The molecule has 0 radical (unpaired) electrons. The third-order valence-electron chi connectivity index (χ3n) is 4.19. The zero-order chi connectivity index (χ0) is 18.4. The molecule has 1 aliphatic rings. The quantitative estimate of drug-likeness (QED) is 0.687. The number of carbonyl (C=O) groups is 1. The lowest BCUT2D eigenvalue weighted by Crippen LogP contribution is -2.50. The molecule has 25 heavy (non-hydrogen) atoms. The Morgan fingerprint density at radius 3 is 2.64 bits per heavy atom. The smallest absolute Gasteiger partial charge is 0.281 e. The Balaban J connectivity index is 1.98. The molecule has 0 atom stereocenters. The van der Waals surface area contributed by atoms with E-state index >= 15 is 0 Å². The van der Waals surface area contributed by atoms with Crippen LogP contribution in [-0.4, -0.2) is 79.2 Å². The molecule has 1 aromatic rings. The van der Waals surface area contributed by atoms with Crippen molar-refractivity contribution in [3.63, 3.8) is 0 Å². The van der Waals surface area contributed by atoms with Gasteiger partial charge in [0.2, 0.25) is 0 Å². The van der Waals surface area contributed by atoms with Crippen LogP contribution in [0.4, 0.5) is 0 Å². The molecule has 0 unspecified atom stereocenters. The predicted molar refractivity (Wildman–Crippen MR) is 93.4 cm³/mol. The van der Waals surface area contributed by atoms with Crippen LogP contribution in [0, 0.1) is 0 Å². The maximum Gasteiger partial charge on any atom is 0.281 e. The highest BCUT2D eigenvalue weighted by atomic mass is 32.2. The Hall–Kier alpha value is -1.49. The fourth-order valence-electron chi connectivity index (χ4n) is 2.70. The Morgan fingerprint density at radius 1 is 1.40 bits per heavy atom. The summed E-state index contributed by atoms with van der Waals surface area (Å²) in [5, 5.41) is 6.83. The maximum atomic E-state index is 12.6. The molecule has 0 spiro atoms. The number of ether oxygens (including phenoxy) is 1. The molecule has 1 saturated heterocycles. The highest BCUT2D eigenvalue weighted by molar-refractivity contribution is 7.86. The van der Waals surface area contributed by atoms with Crippen molar-refractivity contribution in [3.05, 3.63) is 18.0 Å². The average Bonchev–Trinajstić information content (AvgIpc) is 3.08. The molecule has 1 aromatic heterocycles. The van der Waals surface area contributed by atoms with Crippen molar-refractivity contribution in [1.82, 2.24) is 23.7 Å². The van der Waals surface area contributed by atoms with Gasteiger partial charge < -0.3 is 10.1 Å². The lowest BCUT2D eigenvalue weighted by molar-refractivity contribution is 0.0571. The van der Waals surface area contributed by atoms with Gasteiger partial charge in [0.05, 0.1) is 11.8 Å². The number of aromatic nitrogens is 2. The lowest BCUT2D eigenvalue weighted by Gasteiger charge is -2.34. The van der Waals surface area contributed by atoms with Crippen LogP contribution in [0.5, 0.6) is 0 Å². The van der Waals surface area contributed by atoms with Gasteiger partial charge in [-0.2, -0.15) is 22.1 Å². The number of aryl methyl sites for hydroxylation is 1. The van der Waals surface area contributed by atoms with Crippen molar-refractivity contribution < 1.29 is 17.9 Å². The standard InChI is InChI=1S/C15H27N5O4S/c1-4-19-12-13(11-17-19)15(21)16-7-8-20(25(22,23)18(2)3)14-5-9-24-10-6-14/h11-12,14H,4-10H2,1-3H3,(H,16,21). The number of rotatable bonds is 8. The zero-order valence-corrected chi connectivity index (χ0v) is 15.8. The fourth-order valence-corrected chi connectivity index (χ4v) is 4.03. The van der Waals surface area contributed by atoms with E-state index in [1.165, 1.54) is 28.9 Å². The van der Waals surface area contributed by atoms with E-state index in [2.05, 4.69) is 10.4 Å². The van der Waals surface area contributed by atoms with Gasteiger partial charge in [-0.15, -0.1) is 0 Å². The second-order valence-electron chi connectivity index (χ2n) is 6.09. The van der Waals surface area contributed by atoms with Gasteiger partial charge in [0, 0.05) is 59.2 Å². The Labute approximate surface area is 149 Å². The Bertz CT molecular complexity index is 667. The van der Waals surface area contributed by atoms with E-state index in [0.717, 1.165) is 0 Å². The fraction of sp³-hybridized carbons (Fsp3) is 0.733. The van der Waals surface area contributed by atoms with E-state index < -0.39 is 10.2 Å². The molecule has 0 saturated carbocycles. The Morgan fingerprint density at radius 2 is 2.08 bits per heavy atom. The van der Waals surface area contributed by atoms with Crippen LogP contribution >= 0.6 is 0 Å². The van der Waals surface area contributed by atoms with E-state index in [1.54, 1.807) is 10.9 Å². The van der Waals surface area contributed by atoms with Crippen molar-refractivity contribution in [2.45, 2.75) is 32.4 Å². The van der Waals surface area contributed by atoms with Crippen LogP contribution in [0.25, 0.3) is 0 Å². The van der Waals surface area contributed by atoms with Crippen molar-refractivity contribution >= 4 is 16.1 Å². The summed E-state index contributed by atoms with van der Waals surface area (Å²) < 4.78 is 34.9. The number of nitrogens with one attached hydrogen (secondary N) is 1. The highest BCUT2D eigenvalue weighted by Crippen LogP contribution is 2.19. The maximum absolute atomic E-state index is 12.6. The molecular weight excluding hydrogens is 346 g/mol. The highest BCUT2D eigenvalue weighted by Gasteiger charge is 2.32. The number of amides is 1. The second-order valence-corrected chi connectivity index (χ2v) is 8.18. The molecule has 1 amide bonds. The van der Waals surface area contributed by atoms with Crippen molar-refractivity contribution in [3.8, 4) is 0 Å². The number of hydrogen-bond acceptors (Lipinski definition) is 5. The first-order chi connectivity index (χ1) is 11.9. The van der Waals surface area contributed by atoms with Gasteiger partial charge in [0.15, 0.2) is 0 Å². The first-order valence-corrected chi connectivity index (χ1v) is 9.83. The summed E-state index contributed by atoms with van der Waals surface area (Å²) in [7, 11) is -0.531. The van der Waals surface area contributed by atoms with Crippen LogP contribution in [0.3, 0.4) is 0 Å². The van der Waals surface area contributed by atoms with Crippen LogP contribution in [-0.2, 0) is 21.5 Å². The Kier molecular flexibility index (Phi) is 6.94. The van der Waals surface area contributed by atoms with Crippen LogP contribution in [0.15, 0.2) is 12.4 Å². The molecule has 0 aliphatic carbocycles. The minimum absolute atomic E-state index is 0.110. The van der Waals surface area contributed by atoms with E-state index in [9.17, 15) is 13.2 Å². The third-order valence-corrected chi connectivity index (χ3v) is 6.19. The van der Waals surface area contributed by atoms with Gasteiger partial charge in [-0.05, 0) is 19.8 Å². The summed E-state index contributed by atoms with van der Waals surface area (Å²) >= 11 is 0. The third kappa shape index (κ3) is 5.00. The van der Waals surface area contributed by atoms with Gasteiger partial charge in [-0.3, -0.25) is 9.48 Å². The summed E-state index contributed by atoms with van der Waals surface area (Å²) in [5.41, 5.74) is 0.468. The molecule has 9 nitrogen and oxygen atoms in total. The first kappa shape index (κ1) is 19.8. The van der Waals surface area contributed by atoms with E-state index in [0.29, 0.717) is 38.2 Å². The van der Waals surface area contributed by atoms with Gasteiger partial charge in [0.25, 0.3) is 16.1 Å². The second kappa shape index (κ2) is 8.75. The van der Waals surface area contributed by atoms with Gasteiger partial charge in [0.1, 0.15) is 0 Å². The largest absolute Gasteiger partial charge is 0.381 e. The number of hydrogen-bond donors (Lipinski definition) is 1.